The Labute approximate surface area is 147 Å². The van der Waals surface area contributed by atoms with Gasteiger partial charge in [0.1, 0.15) is 11.6 Å². The van der Waals surface area contributed by atoms with E-state index in [-0.39, 0.29) is 11.7 Å². The Morgan fingerprint density at radius 2 is 1.80 bits per heavy atom. The van der Waals surface area contributed by atoms with Crippen molar-refractivity contribution in [2.45, 2.75) is 0 Å². The van der Waals surface area contributed by atoms with Crippen LogP contribution in [0.15, 0.2) is 54.6 Å². The number of carbonyl (C=O) groups is 1. The van der Waals surface area contributed by atoms with Crippen LogP contribution >= 0.6 is 0 Å². The van der Waals surface area contributed by atoms with E-state index < -0.39 is 0 Å². The molecule has 130 valence electrons. The monoisotopic (exact) mass is 340 g/mol. The number of nitrogens with zero attached hydrogens (tertiary/aromatic N) is 2. The fraction of sp³-hybridized carbons (Fsp3) is 0.250. The highest BCUT2D eigenvalue weighted by Gasteiger charge is 2.19. The second-order valence-corrected chi connectivity index (χ2v) is 5.90. The first-order valence-corrected chi connectivity index (χ1v) is 8.27. The summed E-state index contributed by atoms with van der Waals surface area (Å²) in [6, 6.07) is 14.1. The summed E-state index contributed by atoms with van der Waals surface area (Å²) in [7, 11) is 1.65. The van der Waals surface area contributed by atoms with Crippen molar-refractivity contribution in [2.24, 2.45) is 0 Å². The Bertz CT molecular complexity index is 751. The van der Waals surface area contributed by atoms with E-state index in [1.807, 2.05) is 29.2 Å². The topological polar surface area (TPSA) is 32.8 Å². The summed E-state index contributed by atoms with van der Waals surface area (Å²) in [6.45, 7) is 2.90. The standard InChI is InChI=1S/C20H21FN2O2/c1-25-19-8-6-18(7-9-19)22-11-13-23(14-12-22)20(24)10-5-16-3-2-4-17(21)15-16/h2-10,15H,11-14H2,1H3/b10-5+. The molecule has 1 aliphatic heterocycles. The summed E-state index contributed by atoms with van der Waals surface area (Å²) in [4.78, 5) is 16.4. The molecule has 3 rings (SSSR count). The van der Waals surface area contributed by atoms with Crippen LogP contribution in [0, 0.1) is 5.82 Å². The van der Waals surface area contributed by atoms with E-state index >= 15 is 0 Å². The quantitative estimate of drug-likeness (QED) is 0.802. The van der Waals surface area contributed by atoms with Gasteiger partial charge in [0.2, 0.25) is 5.91 Å². The maximum atomic E-state index is 13.2. The lowest BCUT2D eigenvalue weighted by Gasteiger charge is -2.35. The van der Waals surface area contributed by atoms with Crippen molar-refractivity contribution >= 4 is 17.7 Å². The summed E-state index contributed by atoms with van der Waals surface area (Å²) in [6.07, 6.45) is 3.17. The number of anilines is 1. The van der Waals surface area contributed by atoms with Crippen LogP contribution in [-0.2, 0) is 4.79 Å². The molecular formula is C20H21FN2O2. The molecule has 1 amide bonds. The van der Waals surface area contributed by atoms with E-state index in [1.165, 1.54) is 18.2 Å². The maximum Gasteiger partial charge on any atom is 0.246 e. The molecule has 0 radical (unpaired) electrons. The average Bonchev–Trinajstić information content (AvgIpc) is 2.66. The lowest BCUT2D eigenvalue weighted by molar-refractivity contribution is -0.126. The smallest absolute Gasteiger partial charge is 0.246 e. The molecular weight excluding hydrogens is 319 g/mol. The summed E-state index contributed by atoms with van der Waals surface area (Å²) >= 11 is 0. The molecule has 1 saturated heterocycles. The second-order valence-electron chi connectivity index (χ2n) is 5.90. The Hall–Kier alpha value is -2.82. The zero-order valence-corrected chi connectivity index (χ0v) is 14.2. The molecule has 0 unspecified atom stereocenters. The summed E-state index contributed by atoms with van der Waals surface area (Å²) in [5.41, 5.74) is 1.81. The highest BCUT2D eigenvalue weighted by molar-refractivity contribution is 5.92. The average molecular weight is 340 g/mol. The lowest BCUT2D eigenvalue weighted by Crippen LogP contribution is -2.48. The van der Waals surface area contributed by atoms with Gasteiger partial charge in [0.15, 0.2) is 0 Å². The molecule has 0 N–H and O–H groups in total. The predicted octanol–water partition coefficient (Wildman–Crippen LogP) is 3.20. The van der Waals surface area contributed by atoms with Crippen LogP contribution in [0.2, 0.25) is 0 Å². The molecule has 4 nitrogen and oxygen atoms in total. The summed E-state index contributed by atoms with van der Waals surface area (Å²) in [5, 5.41) is 0. The molecule has 0 atom stereocenters. The van der Waals surface area contributed by atoms with Crippen molar-refractivity contribution in [3.63, 3.8) is 0 Å². The number of amides is 1. The van der Waals surface area contributed by atoms with Crippen LogP contribution in [-0.4, -0.2) is 44.1 Å². The van der Waals surface area contributed by atoms with Gasteiger partial charge < -0.3 is 14.5 Å². The molecule has 1 heterocycles. The third-order valence-corrected chi connectivity index (χ3v) is 4.30. The van der Waals surface area contributed by atoms with E-state index in [0.29, 0.717) is 18.7 Å². The third kappa shape index (κ3) is 4.38. The van der Waals surface area contributed by atoms with E-state index in [4.69, 9.17) is 4.74 Å². The fourth-order valence-corrected chi connectivity index (χ4v) is 2.86. The van der Waals surface area contributed by atoms with Gasteiger partial charge in [-0.3, -0.25) is 4.79 Å². The van der Waals surface area contributed by atoms with Gasteiger partial charge in [0.25, 0.3) is 0 Å². The number of piperazine rings is 1. The number of ether oxygens (including phenoxy) is 1. The Kier molecular flexibility index (Phi) is 5.33. The summed E-state index contributed by atoms with van der Waals surface area (Å²) < 4.78 is 18.3. The minimum atomic E-state index is -0.303. The third-order valence-electron chi connectivity index (χ3n) is 4.30. The Morgan fingerprint density at radius 1 is 1.08 bits per heavy atom. The van der Waals surface area contributed by atoms with Crippen molar-refractivity contribution in [3.05, 3.63) is 66.0 Å². The lowest BCUT2D eigenvalue weighted by atomic mass is 10.2. The Balaban J connectivity index is 1.55. The van der Waals surface area contributed by atoms with Gasteiger partial charge in [-0.2, -0.15) is 0 Å². The molecule has 1 fully saturated rings. The number of hydrogen-bond acceptors (Lipinski definition) is 3. The molecule has 2 aromatic carbocycles. The van der Waals surface area contributed by atoms with E-state index in [9.17, 15) is 9.18 Å². The first kappa shape index (κ1) is 17.0. The normalized spacial score (nSPS) is 14.8. The van der Waals surface area contributed by atoms with Gasteiger partial charge in [0, 0.05) is 37.9 Å². The molecule has 0 aromatic heterocycles. The molecule has 0 aliphatic carbocycles. The molecule has 25 heavy (non-hydrogen) atoms. The SMILES string of the molecule is COc1ccc(N2CCN(C(=O)/C=C/c3cccc(F)c3)CC2)cc1. The van der Waals surface area contributed by atoms with Crippen LogP contribution in [0.25, 0.3) is 6.08 Å². The van der Waals surface area contributed by atoms with E-state index in [2.05, 4.69) is 4.90 Å². The molecule has 1 aliphatic rings. The van der Waals surface area contributed by atoms with Crippen LogP contribution in [0.4, 0.5) is 10.1 Å². The van der Waals surface area contributed by atoms with Crippen molar-refractivity contribution in [1.82, 2.24) is 4.90 Å². The van der Waals surface area contributed by atoms with Gasteiger partial charge >= 0.3 is 0 Å². The van der Waals surface area contributed by atoms with Crippen LogP contribution in [0.3, 0.4) is 0 Å². The van der Waals surface area contributed by atoms with Gasteiger partial charge in [-0.05, 0) is 48.0 Å². The molecule has 0 spiro atoms. The minimum absolute atomic E-state index is 0.0429. The largest absolute Gasteiger partial charge is 0.497 e. The van der Waals surface area contributed by atoms with Crippen LogP contribution in [0.1, 0.15) is 5.56 Å². The van der Waals surface area contributed by atoms with Crippen LogP contribution in [0.5, 0.6) is 5.75 Å². The second kappa shape index (κ2) is 7.83. The highest BCUT2D eigenvalue weighted by Crippen LogP contribution is 2.20. The number of benzene rings is 2. The van der Waals surface area contributed by atoms with Gasteiger partial charge in [-0.25, -0.2) is 4.39 Å². The number of methoxy groups -OCH3 is 1. The van der Waals surface area contributed by atoms with E-state index in [0.717, 1.165) is 24.5 Å². The fourth-order valence-electron chi connectivity index (χ4n) is 2.86. The van der Waals surface area contributed by atoms with Crippen molar-refractivity contribution < 1.29 is 13.9 Å². The molecule has 5 heteroatoms. The zero-order valence-electron chi connectivity index (χ0n) is 14.2. The number of halogens is 1. The minimum Gasteiger partial charge on any atom is -0.497 e. The van der Waals surface area contributed by atoms with Crippen molar-refractivity contribution in [2.75, 3.05) is 38.2 Å². The van der Waals surface area contributed by atoms with Crippen LogP contribution < -0.4 is 9.64 Å². The zero-order chi connectivity index (χ0) is 17.6. The van der Waals surface area contributed by atoms with Gasteiger partial charge in [-0.15, -0.1) is 0 Å². The Morgan fingerprint density at radius 3 is 2.44 bits per heavy atom. The van der Waals surface area contributed by atoms with Gasteiger partial charge in [0.05, 0.1) is 7.11 Å². The highest BCUT2D eigenvalue weighted by atomic mass is 19.1. The van der Waals surface area contributed by atoms with Crippen molar-refractivity contribution in [1.29, 1.82) is 0 Å². The van der Waals surface area contributed by atoms with E-state index in [1.54, 1.807) is 25.3 Å². The number of rotatable bonds is 4. The predicted molar refractivity (Wildman–Crippen MR) is 97.2 cm³/mol. The number of carbonyl (C=O) groups excluding carboxylic acids is 1. The molecule has 2 aromatic rings. The van der Waals surface area contributed by atoms with Crippen molar-refractivity contribution in [3.8, 4) is 5.75 Å². The molecule has 0 bridgehead atoms. The van der Waals surface area contributed by atoms with Gasteiger partial charge in [-0.1, -0.05) is 12.1 Å². The summed E-state index contributed by atoms with van der Waals surface area (Å²) in [5.74, 6) is 0.487. The molecule has 0 saturated carbocycles. The number of hydrogen-bond donors (Lipinski definition) is 0. The maximum absolute atomic E-state index is 13.2. The first-order valence-electron chi connectivity index (χ1n) is 8.27. The first-order chi connectivity index (χ1) is 12.2.